The van der Waals surface area contributed by atoms with Gasteiger partial charge in [0.1, 0.15) is 18.5 Å². The minimum Gasteiger partial charge on any atom is -0.442 e. The molecule has 1 aromatic rings. The van der Waals surface area contributed by atoms with Crippen LogP contribution in [0.25, 0.3) is 0 Å². The van der Waals surface area contributed by atoms with Crippen molar-refractivity contribution < 1.29 is 14.4 Å². The number of nitrogens with zero attached hydrogens (tertiary/aromatic N) is 3. The molecule has 0 saturated carbocycles. The van der Waals surface area contributed by atoms with Crippen molar-refractivity contribution in [1.82, 2.24) is 10.0 Å². The van der Waals surface area contributed by atoms with E-state index in [1.54, 1.807) is 52.3 Å². The van der Waals surface area contributed by atoms with Crippen LogP contribution in [0.3, 0.4) is 0 Å². The molecule has 0 bridgehead atoms. The van der Waals surface area contributed by atoms with E-state index in [1.165, 1.54) is 6.34 Å². The maximum atomic E-state index is 11.8. The number of hydrogen-bond acceptors (Lipinski definition) is 5. The second kappa shape index (κ2) is 6.84. The van der Waals surface area contributed by atoms with Gasteiger partial charge in [-0.05, 0) is 38.5 Å². The lowest BCUT2D eigenvalue weighted by Crippen LogP contribution is -2.36. The van der Waals surface area contributed by atoms with Gasteiger partial charge in [-0.1, -0.05) is 0 Å². The first-order valence-electron chi connectivity index (χ1n) is 5.88. The number of aromatic nitrogens is 1. The van der Waals surface area contributed by atoms with E-state index in [0.29, 0.717) is 0 Å². The molecule has 6 nitrogen and oxygen atoms in total. The molecule has 0 aromatic carbocycles. The maximum Gasteiger partial charge on any atom is 0.440 e. The molecule has 0 saturated heterocycles. The molecule has 19 heavy (non-hydrogen) atoms. The first-order valence-corrected chi connectivity index (χ1v) is 5.88. The Hall–Kier alpha value is -1.95. The molecule has 6 heteroatoms. The van der Waals surface area contributed by atoms with Crippen LogP contribution in [0.5, 0.6) is 0 Å². The van der Waals surface area contributed by atoms with Gasteiger partial charge in [0, 0.05) is 19.4 Å². The van der Waals surface area contributed by atoms with Crippen molar-refractivity contribution in [2.24, 2.45) is 4.99 Å². The van der Waals surface area contributed by atoms with E-state index in [1.807, 2.05) is 0 Å². The number of hydroxylamine groups is 2. The van der Waals surface area contributed by atoms with Crippen molar-refractivity contribution in [3.05, 3.63) is 30.1 Å². The molecule has 0 aliphatic rings. The van der Waals surface area contributed by atoms with Gasteiger partial charge in [-0.3, -0.25) is 14.8 Å². The van der Waals surface area contributed by atoms with Crippen LogP contribution in [-0.4, -0.2) is 35.1 Å². The summed E-state index contributed by atoms with van der Waals surface area (Å²) in [5.41, 5.74) is 0.310. The Morgan fingerprint density at radius 3 is 2.58 bits per heavy atom. The summed E-state index contributed by atoms with van der Waals surface area (Å²) in [5, 5.41) is 0.978. The highest BCUT2D eigenvalue weighted by atomic mass is 16.7. The topological polar surface area (TPSA) is 64.0 Å². The molecule has 1 aromatic heterocycles. The van der Waals surface area contributed by atoms with Gasteiger partial charge in [0.05, 0.1) is 0 Å². The molecule has 0 atom stereocenters. The van der Waals surface area contributed by atoms with E-state index in [4.69, 9.17) is 9.57 Å². The summed E-state index contributed by atoms with van der Waals surface area (Å²) in [6, 6.07) is 3.60. The number of carbonyl (C=O) groups excluding carboxylic acids is 1. The molecule has 0 unspecified atom stereocenters. The standard InChI is InChI=1S/C13H19N3O3/c1-13(2,3)19-12(17)16(10-14-4)18-9-11-5-7-15-8-6-11/h5-8,10H,9H2,1-4H3. The second-order valence-electron chi connectivity index (χ2n) is 4.81. The molecule has 0 radical (unpaired) electrons. The fourth-order valence-electron chi connectivity index (χ4n) is 1.17. The fourth-order valence-corrected chi connectivity index (χ4v) is 1.17. The van der Waals surface area contributed by atoms with E-state index >= 15 is 0 Å². The third-order valence-corrected chi connectivity index (χ3v) is 1.91. The second-order valence-corrected chi connectivity index (χ2v) is 4.81. The third-order valence-electron chi connectivity index (χ3n) is 1.91. The Labute approximate surface area is 113 Å². The molecule has 0 N–H and O–H groups in total. The average molecular weight is 265 g/mol. The Bertz CT molecular complexity index is 427. The summed E-state index contributed by atoms with van der Waals surface area (Å²) in [5.74, 6) is 0. The van der Waals surface area contributed by atoms with E-state index < -0.39 is 11.7 Å². The lowest BCUT2D eigenvalue weighted by atomic mass is 10.2. The number of carbonyl (C=O) groups is 1. The van der Waals surface area contributed by atoms with Crippen LogP contribution in [0.15, 0.2) is 29.5 Å². The van der Waals surface area contributed by atoms with Crippen LogP contribution in [0.2, 0.25) is 0 Å². The van der Waals surface area contributed by atoms with Crippen LogP contribution < -0.4 is 0 Å². The zero-order chi connectivity index (χ0) is 14.3. The zero-order valence-corrected chi connectivity index (χ0v) is 11.7. The Morgan fingerprint density at radius 1 is 1.42 bits per heavy atom. The smallest absolute Gasteiger partial charge is 0.440 e. The average Bonchev–Trinajstić information content (AvgIpc) is 2.33. The van der Waals surface area contributed by atoms with Gasteiger partial charge in [0.2, 0.25) is 0 Å². The maximum absolute atomic E-state index is 11.8. The van der Waals surface area contributed by atoms with Gasteiger partial charge in [-0.15, -0.1) is 5.06 Å². The van der Waals surface area contributed by atoms with Crippen LogP contribution in [0, 0.1) is 0 Å². The van der Waals surface area contributed by atoms with Crippen molar-refractivity contribution in [1.29, 1.82) is 0 Å². The van der Waals surface area contributed by atoms with Crippen LogP contribution in [0.1, 0.15) is 26.3 Å². The molecular weight excluding hydrogens is 246 g/mol. The highest BCUT2D eigenvalue weighted by Gasteiger charge is 2.21. The Morgan fingerprint density at radius 2 is 2.05 bits per heavy atom. The van der Waals surface area contributed by atoms with E-state index in [9.17, 15) is 4.79 Å². The number of hydrogen-bond donors (Lipinski definition) is 0. The van der Waals surface area contributed by atoms with E-state index in [2.05, 4.69) is 9.98 Å². The summed E-state index contributed by atoms with van der Waals surface area (Å²) in [6.07, 6.45) is 3.98. The summed E-state index contributed by atoms with van der Waals surface area (Å²) < 4.78 is 5.20. The molecule has 1 heterocycles. The summed E-state index contributed by atoms with van der Waals surface area (Å²) in [7, 11) is 1.55. The third kappa shape index (κ3) is 5.96. The Kier molecular flexibility index (Phi) is 5.44. The van der Waals surface area contributed by atoms with Crippen molar-refractivity contribution in [2.45, 2.75) is 33.0 Å². The molecule has 0 aliphatic carbocycles. The van der Waals surface area contributed by atoms with E-state index in [0.717, 1.165) is 10.6 Å². The number of pyridine rings is 1. The fraction of sp³-hybridized carbons (Fsp3) is 0.462. The SMILES string of the molecule is CN=CN(OCc1ccncc1)C(=O)OC(C)(C)C. The summed E-state index contributed by atoms with van der Waals surface area (Å²) in [4.78, 5) is 24.9. The predicted octanol–water partition coefficient (Wildman–Crippen LogP) is 2.41. The molecule has 0 aliphatic heterocycles. The first-order chi connectivity index (χ1) is 8.92. The van der Waals surface area contributed by atoms with Crippen molar-refractivity contribution in [3.63, 3.8) is 0 Å². The van der Waals surface area contributed by atoms with Gasteiger partial charge >= 0.3 is 6.09 Å². The van der Waals surface area contributed by atoms with Crippen LogP contribution in [-0.2, 0) is 16.2 Å². The van der Waals surface area contributed by atoms with Crippen molar-refractivity contribution in [3.8, 4) is 0 Å². The molecule has 0 spiro atoms. The first kappa shape index (κ1) is 15.1. The molecule has 1 rings (SSSR count). The lowest BCUT2D eigenvalue weighted by molar-refractivity contribution is -0.105. The number of amides is 1. The highest BCUT2D eigenvalue weighted by Crippen LogP contribution is 2.10. The minimum atomic E-state index is -0.604. The normalized spacial score (nSPS) is 11.6. The quantitative estimate of drug-likeness (QED) is 0.476. The lowest BCUT2D eigenvalue weighted by Gasteiger charge is -2.23. The van der Waals surface area contributed by atoms with Crippen LogP contribution >= 0.6 is 0 Å². The van der Waals surface area contributed by atoms with Crippen LogP contribution in [0.4, 0.5) is 4.79 Å². The van der Waals surface area contributed by atoms with Gasteiger partial charge in [-0.25, -0.2) is 4.79 Å². The predicted molar refractivity (Wildman–Crippen MR) is 71.5 cm³/mol. The molecule has 1 amide bonds. The number of rotatable bonds is 4. The van der Waals surface area contributed by atoms with Crippen molar-refractivity contribution in [2.75, 3.05) is 7.05 Å². The minimum absolute atomic E-state index is 0.230. The molecular formula is C13H19N3O3. The molecule has 0 fully saturated rings. The summed E-state index contributed by atoms with van der Waals surface area (Å²) >= 11 is 0. The number of ether oxygens (including phenoxy) is 1. The van der Waals surface area contributed by atoms with Gasteiger partial charge in [-0.2, -0.15) is 0 Å². The van der Waals surface area contributed by atoms with Crippen molar-refractivity contribution >= 4 is 12.4 Å². The number of aliphatic imine (C=N–C) groups is 1. The van der Waals surface area contributed by atoms with E-state index in [-0.39, 0.29) is 6.61 Å². The zero-order valence-electron chi connectivity index (χ0n) is 11.7. The van der Waals surface area contributed by atoms with Gasteiger partial charge in [0.25, 0.3) is 0 Å². The largest absolute Gasteiger partial charge is 0.442 e. The summed E-state index contributed by atoms with van der Waals surface area (Å²) in [6.45, 7) is 5.59. The highest BCUT2D eigenvalue weighted by molar-refractivity contribution is 5.80. The van der Waals surface area contributed by atoms with Gasteiger partial charge in [0.15, 0.2) is 0 Å². The molecule has 104 valence electrons. The Balaban J connectivity index is 2.60. The monoisotopic (exact) mass is 265 g/mol. The van der Waals surface area contributed by atoms with Gasteiger partial charge < -0.3 is 4.74 Å².